The van der Waals surface area contributed by atoms with Gasteiger partial charge in [0, 0.05) is 25.7 Å². The van der Waals surface area contributed by atoms with Gasteiger partial charge in [0.2, 0.25) is 23.6 Å². The summed E-state index contributed by atoms with van der Waals surface area (Å²) in [7, 11) is 0. The van der Waals surface area contributed by atoms with Gasteiger partial charge in [0.05, 0.1) is 39.0 Å². The molecule has 0 radical (unpaired) electrons. The van der Waals surface area contributed by atoms with E-state index in [2.05, 4.69) is 16.1 Å². The van der Waals surface area contributed by atoms with E-state index in [-0.39, 0.29) is 23.6 Å². The van der Waals surface area contributed by atoms with Gasteiger partial charge in [-0.05, 0) is 0 Å². The third-order valence-corrected chi connectivity index (χ3v) is 3.85. The molecule has 2 aliphatic rings. The molecule has 88 valence electrons. The molecule has 0 aromatic carbocycles. The molecule has 2 rings (SSSR count). The number of carbonyl (C=O) groups is 4. The Morgan fingerprint density at radius 2 is 1.12 bits per heavy atom. The molecular weight excluding hydrogens is 395 g/mol. The second-order valence-electron chi connectivity index (χ2n) is 3.14. The second-order valence-corrected chi connectivity index (χ2v) is 4.81. The highest BCUT2D eigenvalue weighted by Crippen LogP contribution is 2.15. The van der Waals surface area contributed by atoms with Crippen molar-refractivity contribution in [2.24, 2.45) is 0 Å². The van der Waals surface area contributed by atoms with Gasteiger partial charge in [-0.15, -0.1) is 0 Å². The maximum atomic E-state index is 10.5. The number of imide groups is 2. The predicted molar refractivity (Wildman–Crippen MR) is 65.1 cm³/mol. The minimum absolute atomic E-state index is 0.0735. The third kappa shape index (κ3) is 3.24. The molecule has 0 atom stereocenters. The highest BCUT2D eigenvalue weighted by molar-refractivity contribution is 14.1. The Morgan fingerprint density at radius 1 is 0.812 bits per heavy atom. The molecule has 0 bridgehead atoms. The number of halogens is 2. The smallest absolute Gasteiger partial charge is 0.239 e. The summed E-state index contributed by atoms with van der Waals surface area (Å²) in [6.45, 7) is 0. The maximum absolute atomic E-state index is 10.5. The fraction of sp³-hybridized carbons (Fsp3) is 0.500. The number of nitrogens with zero attached hydrogens (tertiary/aromatic N) is 2. The molecule has 0 unspecified atom stereocenters. The van der Waals surface area contributed by atoms with Crippen LogP contribution in [0, 0.1) is 0 Å². The zero-order chi connectivity index (χ0) is 12.3. The van der Waals surface area contributed by atoms with Crippen LogP contribution in [0.3, 0.4) is 0 Å². The van der Waals surface area contributed by atoms with Gasteiger partial charge >= 0.3 is 0 Å². The molecule has 2 heterocycles. The van der Waals surface area contributed by atoms with Gasteiger partial charge in [0.15, 0.2) is 0 Å². The van der Waals surface area contributed by atoms with Crippen LogP contribution in [0.5, 0.6) is 0 Å². The quantitative estimate of drug-likeness (QED) is 0.343. The normalized spacial score (nSPS) is 20.4. The highest BCUT2D eigenvalue weighted by Gasteiger charge is 2.26. The summed E-state index contributed by atoms with van der Waals surface area (Å²) in [4.78, 5) is 41.8. The maximum Gasteiger partial charge on any atom is 0.239 e. The van der Waals surface area contributed by atoms with Crippen LogP contribution in [0.1, 0.15) is 25.7 Å². The fourth-order valence-corrected chi connectivity index (χ4v) is 1.94. The number of carbonyl (C=O) groups excluding carboxylic acids is 4. The summed E-state index contributed by atoms with van der Waals surface area (Å²) in [5, 5.41) is 0. The Balaban J connectivity index is 0.000000160. The molecule has 0 saturated carbocycles. The van der Waals surface area contributed by atoms with Crippen molar-refractivity contribution in [1.29, 1.82) is 0 Å². The van der Waals surface area contributed by atoms with E-state index in [0.29, 0.717) is 25.7 Å². The van der Waals surface area contributed by atoms with Gasteiger partial charge in [0.1, 0.15) is 0 Å². The van der Waals surface area contributed by atoms with E-state index in [1.165, 1.54) is 0 Å². The molecule has 2 aliphatic heterocycles. The Morgan fingerprint density at radius 3 is 1.25 bits per heavy atom. The summed E-state index contributed by atoms with van der Waals surface area (Å²) < 4.78 is 2.12. The lowest BCUT2D eigenvalue weighted by atomic mass is 10.4. The summed E-state index contributed by atoms with van der Waals surface area (Å²) >= 11 is 4.52. The lowest BCUT2D eigenvalue weighted by Crippen LogP contribution is -2.16. The Kier molecular flexibility index (Phi) is 4.84. The van der Waals surface area contributed by atoms with E-state index in [4.69, 9.17) is 0 Å². The molecule has 0 aromatic heterocycles. The van der Waals surface area contributed by atoms with Crippen molar-refractivity contribution in [3.63, 3.8) is 0 Å². The third-order valence-electron chi connectivity index (χ3n) is 1.98. The van der Waals surface area contributed by atoms with Crippen molar-refractivity contribution in [2.75, 3.05) is 0 Å². The van der Waals surface area contributed by atoms with Crippen LogP contribution in [0.4, 0.5) is 0 Å². The summed E-state index contributed by atoms with van der Waals surface area (Å²) in [6.07, 6.45) is 1.48. The van der Waals surface area contributed by atoms with E-state index in [0.717, 1.165) is 7.04 Å². The average molecular weight is 403 g/mol. The molecule has 6 nitrogen and oxygen atoms in total. The van der Waals surface area contributed by atoms with Gasteiger partial charge in [-0.1, -0.05) is 0 Å². The first-order chi connectivity index (χ1) is 7.43. The minimum atomic E-state index is -0.144. The molecule has 2 fully saturated rings. The SMILES string of the molecule is O=C1CCC(=O)N1Br.O=C1CCC(=O)N1I. The Bertz CT molecular complexity index is 294. The first kappa shape index (κ1) is 13.6. The van der Waals surface area contributed by atoms with E-state index in [9.17, 15) is 19.2 Å². The van der Waals surface area contributed by atoms with Crippen LogP contribution < -0.4 is 0 Å². The molecule has 0 spiro atoms. The standard InChI is InChI=1S/C4H4BrNO2.C4H4INO2/c2*5-6-3(7)1-2-4(6)8/h2*1-2H2. The van der Waals surface area contributed by atoms with Gasteiger partial charge in [-0.2, -0.15) is 0 Å². The van der Waals surface area contributed by atoms with Crippen molar-refractivity contribution in [1.82, 2.24) is 7.04 Å². The lowest BCUT2D eigenvalue weighted by Gasteiger charge is -1.97. The van der Waals surface area contributed by atoms with Crippen molar-refractivity contribution < 1.29 is 19.2 Å². The lowest BCUT2D eigenvalue weighted by molar-refractivity contribution is -0.132. The van der Waals surface area contributed by atoms with Crippen LogP contribution in [0.15, 0.2) is 0 Å². The molecule has 0 aliphatic carbocycles. The minimum Gasteiger partial charge on any atom is -0.274 e. The largest absolute Gasteiger partial charge is 0.274 e. The number of hydrogen-bond acceptors (Lipinski definition) is 4. The molecule has 2 saturated heterocycles. The monoisotopic (exact) mass is 402 g/mol. The first-order valence-corrected chi connectivity index (χ1v) is 6.14. The molecule has 8 heteroatoms. The first-order valence-electron chi connectivity index (χ1n) is 4.46. The fourth-order valence-electron chi connectivity index (χ4n) is 1.10. The Hall–Kier alpha value is -0.510. The van der Waals surface area contributed by atoms with Gasteiger partial charge in [-0.25, -0.2) is 7.04 Å². The van der Waals surface area contributed by atoms with E-state index in [1.54, 1.807) is 22.9 Å². The number of hydrogen-bond donors (Lipinski definition) is 0. The number of amides is 4. The van der Waals surface area contributed by atoms with Crippen molar-refractivity contribution in [2.45, 2.75) is 25.7 Å². The average Bonchev–Trinajstić information content (AvgIpc) is 2.70. The number of rotatable bonds is 0. The molecular formula is C8H8BrIN2O4. The highest BCUT2D eigenvalue weighted by atomic mass is 127. The summed E-state index contributed by atoms with van der Waals surface area (Å²) in [5.41, 5.74) is 0. The van der Waals surface area contributed by atoms with Crippen LogP contribution in [-0.2, 0) is 19.2 Å². The molecule has 16 heavy (non-hydrogen) atoms. The van der Waals surface area contributed by atoms with Crippen molar-refractivity contribution >= 4 is 62.6 Å². The summed E-state index contributed by atoms with van der Waals surface area (Å²) in [6, 6.07) is 0. The molecule has 0 aromatic rings. The van der Waals surface area contributed by atoms with Crippen LogP contribution in [-0.4, -0.2) is 30.7 Å². The zero-order valence-corrected chi connectivity index (χ0v) is 11.9. The van der Waals surface area contributed by atoms with Gasteiger partial charge < -0.3 is 0 Å². The van der Waals surface area contributed by atoms with Crippen molar-refractivity contribution in [3.05, 3.63) is 0 Å². The van der Waals surface area contributed by atoms with Crippen LogP contribution in [0.25, 0.3) is 0 Å². The van der Waals surface area contributed by atoms with E-state index in [1.807, 2.05) is 0 Å². The molecule has 0 N–H and O–H groups in total. The van der Waals surface area contributed by atoms with Crippen molar-refractivity contribution in [3.8, 4) is 0 Å². The topological polar surface area (TPSA) is 74.8 Å². The van der Waals surface area contributed by atoms with Gasteiger partial charge in [0.25, 0.3) is 0 Å². The zero-order valence-electron chi connectivity index (χ0n) is 8.11. The molecule has 4 amide bonds. The van der Waals surface area contributed by atoms with E-state index >= 15 is 0 Å². The summed E-state index contributed by atoms with van der Waals surface area (Å²) in [5.74, 6) is -0.434. The van der Waals surface area contributed by atoms with E-state index < -0.39 is 0 Å². The van der Waals surface area contributed by atoms with Gasteiger partial charge in [-0.3, -0.25) is 19.2 Å². The van der Waals surface area contributed by atoms with Crippen LogP contribution >= 0.6 is 39.0 Å². The second kappa shape index (κ2) is 5.71. The Labute approximate surface area is 114 Å². The van der Waals surface area contributed by atoms with Crippen LogP contribution in [0.2, 0.25) is 0 Å². The predicted octanol–water partition coefficient (Wildman–Crippen LogP) is 0.931.